The minimum Gasteiger partial charge on any atom is -0.497 e. The smallest absolute Gasteiger partial charge is 0.330 e. The van der Waals surface area contributed by atoms with Crippen LogP contribution in [-0.2, 0) is 28.0 Å². The molecule has 4 aromatic carbocycles. The zero-order chi connectivity index (χ0) is 32.7. The largest absolute Gasteiger partial charge is 0.497 e. The lowest BCUT2D eigenvalue weighted by Crippen LogP contribution is -2.17. The van der Waals surface area contributed by atoms with Crippen LogP contribution in [-0.4, -0.2) is 31.6 Å². The molecule has 0 aromatic heterocycles. The number of ether oxygens (including phenoxy) is 2. The summed E-state index contributed by atoms with van der Waals surface area (Å²) < 4.78 is 10.4. The first-order valence-corrected chi connectivity index (χ1v) is 16.4. The number of fused-ring (bicyclic) bond motifs is 1. The van der Waals surface area contributed by atoms with Crippen LogP contribution in [0.15, 0.2) is 97.1 Å². The second-order valence-corrected chi connectivity index (χ2v) is 12.9. The number of nitrogens with zero attached hydrogens (tertiary/aromatic N) is 1. The summed E-state index contributed by atoms with van der Waals surface area (Å²) in [5, 5.41) is 2.67. The summed E-state index contributed by atoms with van der Waals surface area (Å²) in [6.45, 7) is 13.5. The quantitative estimate of drug-likeness (QED) is 0.112. The fourth-order valence-electron chi connectivity index (χ4n) is 5.22. The molecular formula is C41H53NO3. The van der Waals surface area contributed by atoms with Gasteiger partial charge in [-0.15, -0.1) is 0 Å². The van der Waals surface area contributed by atoms with Crippen LogP contribution in [0.25, 0.3) is 16.8 Å². The van der Waals surface area contributed by atoms with Crippen molar-refractivity contribution >= 4 is 22.8 Å². The Bertz CT molecular complexity index is 1460. The van der Waals surface area contributed by atoms with Gasteiger partial charge in [-0.05, 0) is 76.0 Å². The molecule has 1 atom stereocenters. The average molecular weight is 608 g/mol. The highest BCUT2D eigenvalue weighted by Crippen LogP contribution is 2.24. The molecule has 4 nitrogen and oxygen atoms in total. The van der Waals surface area contributed by atoms with E-state index in [1.54, 1.807) is 13.2 Å². The van der Waals surface area contributed by atoms with E-state index in [1.807, 2.05) is 24.3 Å². The van der Waals surface area contributed by atoms with Crippen molar-refractivity contribution in [1.29, 1.82) is 0 Å². The summed E-state index contributed by atoms with van der Waals surface area (Å²) in [5.41, 5.74) is 5.31. The van der Waals surface area contributed by atoms with Crippen LogP contribution in [0.4, 0.5) is 0 Å². The van der Waals surface area contributed by atoms with E-state index < -0.39 is 0 Å². The maximum absolute atomic E-state index is 11.7. The van der Waals surface area contributed by atoms with Crippen molar-refractivity contribution in [1.82, 2.24) is 4.90 Å². The number of methoxy groups -OCH3 is 1. The zero-order valence-electron chi connectivity index (χ0n) is 28.5. The molecule has 0 aliphatic heterocycles. The minimum absolute atomic E-state index is 0.216. The molecule has 45 heavy (non-hydrogen) atoms. The van der Waals surface area contributed by atoms with Crippen LogP contribution in [0.1, 0.15) is 82.6 Å². The van der Waals surface area contributed by atoms with Gasteiger partial charge in [-0.25, -0.2) is 4.79 Å². The maximum Gasteiger partial charge on any atom is 0.330 e. The summed E-state index contributed by atoms with van der Waals surface area (Å²) in [6.07, 6.45) is 7.79. The normalized spacial score (nSPS) is 12.2. The third-order valence-electron chi connectivity index (χ3n) is 8.12. The second-order valence-electron chi connectivity index (χ2n) is 12.9. The van der Waals surface area contributed by atoms with Gasteiger partial charge in [0.25, 0.3) is 0 Å². The van der Waals surface area contributed by atoms with Crippen molar-refractivity contribution in [3.8, 4) is 5.75 Å². The van der Waals surface area contributed by atoms with E-state index in [-0.39, 0.29) is 11.4 Å². The highest BCUT2D eigenvalue weighted by atomic mass is 16.5. The van der Waals surface area contributed by atoms with Gasteiger partial charge in [-0.2, -0.15) is 0 Å². The van der Waals surface area contributed by atoms with Gasteiger partial charge < -0.3 is 9.47 Å². The summed E-state index contributed by atoms with van der Waals surface area (Å²) in [5.74, 6) is 1.00. The van der Waals surface area contributed by atoms with Gasteiger partial charge in [0, 0.05) is 19.2 Å². The first kappa shape index (κ1) is 35.6. The Morgan fingerprint density at radius 1 is 0.867 bits per heavy atom. The molecule has 0 aliphatic carbocycles. The molecule has 0 saturated heterocycles. The molecule has 0 aliphatic rings. The van der Waals surface area contributed by atoms with E-state index in [2.05, 4.69) is 113 Å². The molecule has 0 N–H and O–H groups in total. The number of unbranched alkanes of at least 4 members (excludes halogenated alkanes) is 1. The van der Waals surface area contributed by atoms with Crippen molar-refractivity contribution < 1.29 is 14.3 Å². The lowest BCUT2D eigenvalue weighted by atomic mass is 9.87. The van der Waals surface area contributed by atoms with Crippen molar-refractivity contribution in [2.45, 2.75) is 78.8 Å². The molecule has 0 spiro atoms. The van der Waals surface area contributed by atoms with E-state index >= 15 is 0 Å². The number of esters is 1. The molecule has 0 saturated carbocycles. The lowest BCUT2D eigenvalue weighted by molar-refractivity contribution is -0.139. The maximum atomic E-state index is 11.7. The van der Waals surface area contributed by atoms with Gasteiger partial charge in [-0.3, -0.25) is 4.90 Å². The standard InChI is InChI=1S/C23H27N.C18H26O3/c1-23(2,3)21-14-12-18(13-15-21)16-24(4)17-20-10-7-9-19-8-5-6-11-22(19)20;1-4-6-7-15(5-2)14-21-18(19)13-10-16-8-11-17(20-3)12-9-16/h5-15H,16-17H2,1-4H3;8-13,15H,4-7,14H2,1-3H3/b;13-10+. The van der Waals surface area contributed by atoms with E-state index in [9.17, 15) is 4.79 Å². The predicted molar refractivity (Wildman–Crippen MR) is 191 cm³/mol. The van der Waals surface area contributed by atoms with Gasteiger partial charge in [0.05, 0.1) is 13.7 Å². The Morgan fingerprint density at radius 2 is 1.56 bits per heavy atom. The Kier molecular flexibility index (Phi) is 14.4. The zero-order valence-corrected chi connectivity index (χ0v) is 28.5. The number of carbonyl (C=O) groups excluding carboxylic acids is 1. The fraction of sp³-hybridized carbons (Fsp3) is 0.390. The summed E-state index contributed by atoms with van der Waals surface area (Å²) in [6, 6.07) is 31.8. The monoisotopic (exact) mass is 607 g/mol. The molecule has 0 radical (unpaired) electrons. The molecule has 4 rings (SSSR count). The van der Waals surface area contributed by atoms with Crippen molar-refractivity contribution in [2.75, 3.05) is 20.8 Å². The van der Waals surface area contributed by atoms with Crippen molar-refractivity contribution in [3.63, 3.8) is 0 Å². The van der Waals surface area contributed by atoms with Gasteiger partial charge in [0.1, 0.15) is 5.75 Å². The third-order valence-corrected chi connectivity index (χ3v) is 8.12. The predicted octanol–water partition coefficient (Wildman–Crippen LogP) is 10.2. The topological polar surface area (TPSA) is 38.8 Å². The van der Waals surface area contributed by atoms with Crippen LogP contribution in [0.2, 0.25) is 0 Å². The van der Waals surface area contributed by atoms with Crippen LogP contribution < -0.4 is 4.74 Å². The highest BCUT2D eigenvalue weighted by molar-refractivity contribution is 5.87. The van der Waals surface area contributed by atoms with E-state index in [4.69, 9.17) is 9.47 Å². The summed E-state index contributed by atoms with van der Waals surface area (Å²) >= 11 is 0. The molecule has 0 amide bonds. The Hall–Kier alpha value is -3.89. The summed E-state index contributed by atoms with van der Waals surface area (Å²) in [7, 11) is 3.82. The van der Waals surface area contributed by atoms with E-state index in [1.165, 1.54) is 46.4 Å². The molecule has 240 valence electrons. The lowest BCUT2D eigenvalue weighted by Gasteiger charge is -2.21. The Morgan fingerprint density at radius 3 is 2.20 bits per heavy atom. The SMILES string of the molecule is CCCCC(CC)COC(=O)/C=C/c1ccc(OC)cc1.CN(Cc1ccc(C(C)(C)C)cc1)Cc1cccc2ccccc12. The highest BCUT2D eigenvalue weighted by Gasteiger charge is 2.13. The summed E-state index contributed by atoms with van der Waals surface area (Å²) in [4.78, 5) is 14.1. The van der Waals surface area contributed by atoms with Crippen molar-refractivity contribution in [3.05, 3.63) is 119 Å². The van der Waals surface area contributed by atoms with Gasteiger partial charge in [0.15, 0.2) is 0 Å². The van der Waals surface area contributed by atoms with Gasteiger partial charge >= 0.3 is 5.97 Å². The van der Waals surface area contributed by atoms with Gasteiger partial charge in [0.2, 0.25) is 0 Å². The van der Waals surface area contributed by atoms with Crippen molar-refractivity contribution in [2.24, 2.45) is 5.92 Å². The molecule has 4 aromatic rings. The molecule has 0 heterocycles. The number of rotatable bonds is 13. The fourth-order valence-corrected chi connectivity index (χ4v) is 5.22. The van der Waals surface area contributed by atoms with E-state index in [0.717, 1.165) is 37.2 Å². The number of benzene rings is 4. The van der Waals surface area contributed by atoms with Crippen LogP contribution >= 0.6 is 0 Å². The molecular weight excluding hydrogens is 554 g/mol. The Balaban J connectivity index is 0.000000248. The van der Waals surface area contributed by atoms with Crippen LogP contribution in [0.3, 0.4) is 0 Å². The van der Waals surface area contributed by atoms with Crippen LogP contribution in [0.5, 0.6) is 5.75 Å². The molecule has 4 heteroatoms. The Labute approximate surface area is 272 Å². The number of hydrogen-bond acceptors (Lipinski definition) is 4. The van der Waals surface area contributed by atoms with Crippen LogP contribution in [0, 0.1) is 5.92 Å². The number of hydrogen-bond donors (Lipinski definition) is 0. The molecule has 0 fully saturated rings. The average Bonchev–Trinajstić information content (AvgIpc) is 3.04. The first-order chi connectivity index (χ1) is 21.6. The second kappa shape index (κ2) is 18.2. The van der Waals surface area contributed by atoms with Gasteiger partial charge in [-0.1, -0.05) is 133 Å². The number of carbonyl (C=O) groups is 1. The minimum atomic E-state index is -0.277. The first-order valence-electron chi connectivity index (χ1n) is 16.4. The third kappa shape index (κ3) is 12.2. The molecule has 0 bridgehead atoms. The molecule has 1 unspecified atom stereocenters. The van der Waals surface area contributed by atoms with E-state index in [0.29, 0.717) is 12.5 Å².